The highest BCUT2D eigenvalue weighted by Gasteiger charge is 2.35. The summed E-state index contributed by atoms with van der Waals surface area (Å²) in [5.41, 5.74) is 1.10. The molecule has 4 rings (SSSR count). The van der Waals surface area contributed by atoms with Gasteiger partial charge in [0, 0.05) is 33.9 Å². The normalized spacial score (nSPS) is 14.7. The minimum absolute atomic E-state index is 0.0523. The second-order valence-electron chi connectivity index (χ2n) is 8.62. The molecule has 0 aromatic heterocycles. The van der Waals surface area contributed by atoms with Crippen molar-refractivity contribution >= 4 is 39.1 Å². The number of anilines is 1. The van der Waals surface area contributed by atoms with Crippen molar-refractivity contribution in [2.24, 2.45) is 0 Å². The van der Waals surface area contributed by atoms with E-state index in [0.29, 0.717) is 11.3 Å². The van der Waals surface area contributed by atoms with Crippen LogP contribution in [0.25, 0.3) is 0 Å². The van der Waals surface area contributed by atoms with Crippen LogP contribution < -0.4 is 10.2 Å². The van der Waals surface area contributed by atoms with Gasteiger partial charge in [-0.05, 0) is 48.7 Å². The summed E-state index contributed by atoms with van der Waals surface area (Å²) < 4.78 is 0.779. The number of nitrogens with one attached hydrogen (secondary N) is 1. The Hall–Kier alpha value is -3.52. The molecular weight excluding hydrogens is 510 g/mol. The Morgan fingerprint density at radius 2 is 1.66 bits per heavy atom. The molecule has 1 atom stereocenters. The number of para-hydroxylation sites is 1. The lowest BCUT2D eigenvalue weighted by molar-refractivity contribution is -0.384. The van der Waals surface area contributed by atoms with Crippen LogP contribution in [0.4, 0.5) is 11.4 Å². The van der Waals surface area contributed by atoms with Gasteiger partial charge in [0.25, 0.3) is 11.6 Å². The predicted octanol–water partition coefficient (Wildman–Crippen LogP) is 6.19. The maximum absolute atomic E-state index is 13.9. The quantitative estimate of drug-likeness (QED) is 0.288. The van der Waals surface area contributed by atoms with Gasteiger partial charge in [-0.25, -0.2) is 0 Å². The van der Waals surface area contributed by atoms with Crippen LogP contribution in [0.3, 0.4) is 0 Å². The molecule has 0 radical (unpaired) electrons. The Morgan fingerprint density at radius 1 is 0.943 bits per heavy atom. The summed E-state index contributed by atoms with van der Waals surface area (Å²) in [6.45, 7) is 0. The Kier molecular flexibility index (Phi) is 7.92. The van der Waals surface area contributed by atoms with E-state index in [0.717, 1.165) is 36.6 Å². The molecule has 3 aromatic carbocycles. The molecule has 1 unspecified atom stereocenters. The van der Waals surface area contributed by atoms with Crippen molar-refractivity contribution in [2.75, 3.05) is 4.90 Å². The molecular formula is C27H26BrN3O4. The van der Waals surface area contributed by atoms with Crippen molar-refractivity contribution in [1.82, 2.24) is 5.32 Å². The van der Waals surface area contributed by atoms with Crippen LogP contribution in [-0.4, -0.2) is 22.8 Å². The van der Waals surface area contributed by atoms with Gasteiger partial charge in [-0.15, -0.1) is 0 Å². The number of amides is 2. The number of halogens is 1. The number of carbonyl (C=O) groups excluding carboxylic acids is 2. The standard InChI is InChI=1S/C27H26BrN3O4/c28-21-11-7-9-19(17-21)25(26(32)29-22-12-3-1-4-13-22)30(23-14-5-2-6-15-23)27(33)20-10-8-16-24(18-20)31(34)35/h2,5-11,14-18,22,25H,1,3-4,12-13H2,(H,29,32). The van der Waals surface area contributed by atoms with Gasteiger partial charge in [0.15, 0.2) is 0 Å². The molecule has 8 heteroatoms. The van der Waals surface area contributed by atoms with E-state index >= 15 is 0 Å². The van der Waals surface area contributed by atoms with Crippen LogP contribution in [0.5, 0.6) is 0 Å². The largest absolute Gasteiger partial charge is 0.351 e. The second kappa shape index (κ2) is 11.3. The van der Waals surface area contributed by atoms with E-state index < -0.39 is 16.9 Å². The minimum atomic E-state index is -0.969. The molecule has 1 aliphatic carbocycles. The monoisotopic (exact) mass is 535 g/mol. The van der Waals surface area contributed by atoms with Gasteiger partial charge in [-0.1, -0.05) is 71.6 Å². The number of benzene rings is 3. The fraction of sp³-hybridized carbons (Fsp3) is 0.259. The molecule has 35 heavy (non-hydrogen) atoms. The second-order valence-corrected chi connectivity index (χ2v) is 9.53. The van der Waals surface area contributed by atoms with Crippen LogP contribution in [0, 0.1) is 10.1 Å². The molecule has 0 aliphatic heterocycles. The van der Waals surface area contributed by atoms with Crippen LogP contribution in [0.15, 0.2) is 83.3 Å². The average molecular weight is 536 g/mol. The van der Waals surface area contributed by atoms with Crippen LogP contribution >= 0.6 is 15.9 Å². The average Bonchev–Trinajstić information content (AvgIpc) is 2.88. The Bertz CT molecular complexity index is 1210. The lowest BCUT2D eigenvalue weighted by Crippen LogP contribution is -2.47. The third kappa shape index (κ3) is 5.95. The lowest BCUT2D eigenvalue weighted by Gasteiger charge is -2.33. The van der Waals surface area contributed by atoms with Crippen molar-refractivity contribution < 1.29 is 14.5 Å². The van der Waals surface area contributed by atoms with E-state index in [1.165, 1.54) is 29.2 Å². The molecule has 180 valence electrons. The van der Waals surface area contributed by atoms with Gasteiger partial charge in [-0.2, -0.15) is 0 Å². The number of hydrogen-bond acceptors (Lipinski definition) is 4. The molecule has 1 saturated carbocycles. The van der Waals surface area contributed by atoms with Crippen molar-refractivity contribution in [3.8, 4) is 0 Å². The zero-order valence-electron chi connectivity index (χ0n) is 19.1. The highest BCUT2D eigenvalue weighted by molar-refractivity contribution is 9.10. The van der Waals surface area contributed by atoms with Crippen molar-refractivity contribution in [3.05, 3.63) is 105 Å². The van der Waals surface area contributed by atoms with Gasteiger partial charge in [0.2, 0.25) is 5.91 Å². The third-order valence-corrected chi connectivity index (χ3v) is 6.67. The van der Waals surface area contributed by atoms with E-state index in [1.807, 2.05) is 30.3 Å². The van der Waals surface area contributed by atoms with Crippen LogP contribution in [-0.2, 0) is 4.79 Å². The first-order chi connectivity index (χ1) is 16.9. The zero-order chi connectivity index (χ0) is 24.8. The smallest absolute Gasteiger partial charge is 0.270 e. The summed E-state index contributed by atoms with van der Waals surface area (Å²) in [6, 6.07) is 20.9. The third-order valence-electron chi connectivity index (χ3n) is 6.18. The maximum Gasteiger partial charge on any atom is 0.270 e. The summed E-state index contributed by atoms with van der Waals surface area (Å²) in [4.78, 5) is 40.0. The van der Waals surface area contributed by atoms with Crippen molar-refractivity contribution in [1.29, 1.82) is 0 Å². The summed E-state index contributed by atoms with van der Waals surface area (Å²) >= 11 is 3.48. The highest BCUT2D eigenvalue weighted by atomic mass is 79.9. The topological polar surface area (TPSA) is 92.6 Å². The summed E-state index contributed by atoms with van der Waals surface area (Å²) in [6.07, 6.45) is 5.08. The Balaban J connectivity index is 1.81. The minimum Gasteiger partial charge on any atom is -0.351 e. The zero-order valence-corrected chi connectivity index (χ0v) is 20.7. The summed E-state index contributed by atoms with van der Waals surface area (Å²) in [5.74, 6) is -0.777. The first-order valence-electron chi connectivity index (χ1n) is 11.6. The SMILES string of the molecule is O=C(NC1CCCCC1)C(c1cccc(Br)c1)N(C(=O)c1cccc([N+](=O)[O-])c1)c1ccccc1. The van der Waals surface area contributed by atoms with Gasteiger partial charge in [0.1, 0.15) is 6.04 Å². The number of nitro benzene ring substituents is 1. The van der Waals surface area contributed by atoms with E-state index in [9.17, 15) is 19.7 Å². The lowest BCUT2D eigenvalue weighted by atomic mass is 9.94. The Labute approximate surface area is 212 Å². The van der Waals surface area contributed by atoms with Crippen molar-refractivity contribution in [2.45, 2.75) is 44.2 Å². The predicted molar refractivity (Wildman–Crippen MR) is 138 cm³/mol. The number of carbonyl (C=O) groups is 2. The first kappa shape index (κ1) is 24.6. The number of hydrogen-bond donors (Lipinski definition) is 1. The van der Waals surface area contributed by atoms with Crippen molar-refractivity contribution in [3.63, 3.8) is 0 Å². The van der Waals surface area contributed by atoms with Gasteiger partial charge >= 0.3 is 0 Å². The van der Waals surface area contributed by atoms with Gasteiger partial charge in [0.05, 0.1) is 4.92 Å². The van der Waals surface area contributed by atoms with E-state index in [-0.39, 0.29) is 23.2 Å². The van der Waals surface area contributed by atoms with E-state index in [4.69, 9.17) is 0 Å². The molecule has 1 fully saturated rings. The maximum atomic E-state index is 13.9. The molecule has 1 aliphatic rings. The molecule has 0 heterocycles. The molecule has 0 saturated heterocycles. The van der Waals surface area contributed by atoms with E-state index in [1.54, 1.807) is 24.3 Å². The molecule has 1 N–H and O–H groups in total. The van der Waals surface area contributed by atoms with Crippen LogP contribution in [0.1, 0.15) is 54.1 Å². The summed E-state index contributed by atoms with van der Waals surface area (Å²) in [5, 5.41) is 14.5. The molecule has 2 amide bonds. The molecule has 0 bridgehead atoms. The summed E-state index contributed by atoms with van der Waals surface area (Å²) in [7, 11) is 0. The molecule has 3 aromatic rings. The molecule has 7 nitrogen and oxygen atoms in total. The number of non-ortho nitro benzene ring substituents is 1. The van der Waals surface area contributed by atoms with E-state index in [2.05, 4.69) is 21.2 Å². The molecule has 0 spiro atoms. The number of rotatable bonds is 7. The van der Waals surface area contributed by atoms with Gasteiger partial charge < -0.3 is 5.32 Å². The number of nitrogens with zero attached hydrogens (tertiary/aromatic N) is 2. The van der Waals surface area contributed by atoms with Gasteiger partial charge in [-0.3, -0.25) is 24.6 Å². The van der Waals surface area contributed by atoms with Crippen LogP contribution in [0.2, 0.25) is 0 Å². The highest BCUT2D eigenvalue weighted by Crippen LogP contribution is 2.32. The first-order valence-corrected chi connectivity index (χ1v) is 12.4. The fourth-order valence-electron chi connectivity index (χ4n) is 4.49. The Morgan fingerprint density at radius 3 is 2.34 bits per heavy atom. The fourth-order valence-corrected chi connectivity index (χ4v) is 4.90. The number of nitro groups is 1.